The molecular weight excluding hydrogens is 216 g/mol. The van der Waals surface area contributed by atoms with Crippen molar-refractivity contribution in [2.24, 2.45) is 5.92 Å². The van der Waals surface area contributed by atoms with Gasteiger partial charge in [-0.05, 0) is 6.42 Å². The summed E-state index contributed by atoms with van der Waals surface area (Å²) in [5.41, 5.74) is 1.89. The van der Waals surface area contributed by atoms with Gasteiger partial charge >= 0.3 is 5.97 Å². The minimum absolute atomic E-state index is 0.0454. The Hall–Kier alpha value is -1.84. The molecule has 1 aromatic heterocycles. The molecule has 0 fully saturated rings. The van der Waals surface area contributed by atoms with Gasteiger partial charge in [0.05, 0.1) is 17.6 Å². The first kappa shape index (κ1) is 11.6. The van der Waals surface area contributed by atoms with E-state index in [1.54, 1.807) is 6.20 Å². The second kappa shape index (κ2) is 4.99. The summed E-state index contributed by atoms with van der Waals surface area (Å²) < 4.78 is 5.27. The van der Waals surface area contributed by atoms with Crippen molar-refractivity contribution >= 4 is 16.9 Å². The maximum Gasteiger partial charge on any atom is 0.308 e. The van der Waals surface area contributed by atoms with Gasteiger partial charge in [-0.3, -0.25) is 9.89 Å². The zero-order valence-electron chi connectivity index (χ0n) is 10.1. The normalized spacial score (nSPS) is 12.6. The zero-order valence-corrected chi connectivity index (χ0v) is 10.1. The summed E-state index contributed by atoms with van der Waals surface area (Å²) in [4.78, 5) is 11.6. The van der Waals surface area contributed by atoms with Crippen molar-refractivity contribution < 1.29 is 9.53 Å². The van der Waals surface area contributed by atoms with E-state index in [0.29, 0.717) is 6.61 Å². The number of carbonyl (C=O) groups excluding carboxylic acids is 1. The molecule has 0 amide bonds. The average molecular weight is 232 g/mol. The molecule has 1 heterocycles. The molecule has 0 saturated carbocycles. The molecule has 0 aliphatic heterocycles. The zero-order chi connectivity index (χ0) is 12.3. The number of nitrogens with zero attached hydrogens (tertiary/aromatic N) is 1. The number of hydrogen-bond acceptors (Lipinski definition) is 3. The number of fused-ring (bicyclic) bond motifs is 1. The monoisotopic (exact) mass is 232 g/mol. The first-order chi connectivity index (χ1) is 8.22. The molecule has 1 N–H and O–H groups in total. The number of benzene rings is 1. The van der Waals surface area contributed by atoms with Crippen molar-refractivity contribution in [3.63, 3.8) is 0 Å². The van der Waals surface area contributed by atoms with Gasteiger partial charge < -0.3 is 4.74 Å². The van der Waals surface area contributed by atoms with E-state index in [1.165, 1.54) is 0 Å². The van der Waals surface area contributed by atoms with E-state index in [-0.39, 0.29) is 11.9 Å². The summed E-state index contributed by atoms with van der Waals surface area (Å²) in [7, 11) is 0. The molecule has 0 saturated heterocycles. The summed E-state index contributed by atoms with van der Waals surface area (Å²) in [5, 5.41) is 7.92. The minimum atomic E-state index is -0.149. The van der Waals surface area contributed by atoms with Crippen LogP contribution >= 0.6 is 0 Å². The number of H-pyrrole nitrogens is 1. The van der Waals surface area contributed by atoms with Crippen LogP contribution in [0.4, 0.5) is 0 Å². The lowest BCUT2D eigenvalue weighted by Crippen LogP contribution is -2.13. The average Bonchev–Trinajstić information content (AvgIpc) is 2.83. The Kier molecular flexibility index (Phi) is 3.42. The lowest BCUT2D eigenvalue weighted by molar-refractivity contribution is -0.149. The van der Waals surface area contributed by atoms with E-state index in [9.17, 15) is 4.79 Å². The molecule has 0 spiro atoms. The highest BCUT2D eigenvalue weighted by Crippen LogP contribution is 2.17. The molecule has 0 radical (unpaired) electrons. The summed E-state index contributed by atoms with van der Waals surface area (Å²) in [6.07, 6.45) is 2.56. The van der Waals surface area contributed by atoms with Gasteiger partial charge in [0.1, 0.15) is 6.61 Å². The van der Waals surface area contributed by atoms with Crippen LogP contribution in [0.5, 0.6) is 0 Å². The third-order valence-electron chi connectivity index (χ3n) is 2.95. The topological polar surface area (TPSA) is 55.0 Å². The van der Waals surface area contributed by atoms with Crippen LogP contribution in [0, 0.1) is 5.92 Å². The number of nitrogens with one attached hydrogen (secondary N) is 1. The summed E-state index contributed by atoms with van der Waals surface area (Å²) in [5.74, 6) is -0.194. The van der Waals surface area contributed by atoms with E-state index < -0.39 is 0 Å². The Bertz CT molecular complexity index is 519. The highest BCUT2D eigenvalue weighted by atomic mass is 16.5. The molecule has 0 bridgehead atoms. The van der Waals surface area contributed by atoms with Gasteiger partial charge in [0, 0.05) is 10.9 Å². The highest BCUT2D eigenvalue weighted by Gasteiger charge is 2.12. The van der Waals surface area contributed by atoms with E-state index in [1.807, 2.05) is 32.0 Å². The Morgan fingerprint density at radius 2 is 2.35 bits per heavy atom. The SMILES string of the molecule is CC[C@H](C)C(=O)OCc1cccc2cn[nH]c12. The Labute approximate surface area is 100.0 Å². The highest BCUT2D eigenvalue weighted by molar-refractivity contribution is 5.81. The molecule has 1 atom stereocenters. The van der Waals surface area contributed by atoms with E-state index in [2.05, 4.69) is 10.2 Å². The van der Waals surface area contributed by atoms with Crippen molar-refractivity contribution in [3.05, 3.63) is 30.0 Å². The summed E-state index contributed by atoms with van der Waals surface area (Å²) in [6.45, 7) is 4.14. The lowest BCUT2D eigenvalue weighted by Gasteiger charge is -2.09. The predicted molar refractivity (Wildman–Crippen MR) is 65.3 cm³/mol. The fourth-order valence-corrected chi connectivity index (χ4v) is 1.61. The van der Waals surface area contributed by atoms with Gasteiger partial charge in [-0.25, -0.2) is 0 Å². The van der Waals surface area contributed by atoms with Crippen molar-refractivity contribution in [1.29, 1.82) is 0 Å². The van der Waals surface area contributed by atoms with Crippen LogP contribution < -0.4 is 0 Å². The molecule has 2 aromatic rings. The predicted octanol–water partition coefficient (Wildman–Crippen LogP) is 2.65. The molecular formula is C13H16N2O2. The Morgan fingerprint density at radius 3 is 3.12 bits per heavy atom. The van der Waals surface area contributed by atoms with Gasteiger partial charge in [0.25, 0.3) is 0 Å². The Balaban J connectivity index is 2.09. The number of rotatable bonds is 4. The van der Waals surface area contributed by atoms with E-state index in [4.69, 9.17) is 4.74 Å². The van der Waals surface area contributed by atoms with Crippen molar-refractivity contribution in [3.8, 4) is 0 Å². The number of hydrogen-bond donors (Lipinski definition) is 1. The molecule has 0 aliphatic carbocycles. The summed E-state index contributed by atoms with van der Waals surface area (Å²) in [6, 6.07) is 5.84. The molecule has 90 valence electrons. The van der Waals surface area contributed by atoms with Crippen molar-refractivity contribution in [2.45, 2.75) is 26.9 Å². The number of ether oxygens (including phenoxy) is 1. The Morgan fingerprint density at radius 1 is 1.53 bits per heavy atom. The van der Waals surface area contributed by atoms with Crippen molar-refractivity contribution in [1.82, 2.24) is 10.2 Å². The molecule has 0 unspecified atom stereocenters. The third kappa shape index (κ3) is 2.46. The molecule has 0 aliphatic rings. The van der Waals surface area contributed by atoms with Gasteiger partial charge in [0.2, 0.25) is 0 Å². The quantitative estimate of drug-likeness (QED) is 0.824. The fraction of sp³-hybridized carbons (Fsp3) is 0.385. The van der Waals surface area contributed by atoms with Gasteiger partial charge in [-0.2, -0.15) is 5.10 Å². The third-order valence-corrected chi connectivity index (χ3v) is 2.95. The van der Waals surface area contributed by atoms with Gasteiger partial charge in [-0.1, -0.05) is 32.0 Å². The second-order valence-corrected chi connectivity index (χ2v) is 4.17. The van der Waals surface area contributed by atoms with Crippen molar-refractivity contribution in [2.75, 3.05) is 0 Å². The molecule has 2 rings (SSSR count). The maximum absolute atomic E-state index is 11.6. The minimum Gasteiger partial charge on any atom is -0.461 e. The standard InChI is InChI=1S/C13H16N2O2/c1-3-9(2)13(16)17-8-11-6-4-5-10-7-14-15-12(10)11/h4-7,9H,3,8H2,1-2H3,(H,14,15)/t9-/m0/s1. The second-order valence-electron chi connectivity index (χ2n) is 4.17. The first-order valence-corrected chi connectivity index (χ1v) is 5.80. The van der Waals surface area contributed by atoms with Gasteiger partial charge in [-0.15, -0.1) is 0 Å². The molecule has 1 aromatic carbocycles. The smallest absolute Gasteiger partial charge is 0.308 e. The summed E-state index contributed by atoms with van der Waals surface area (Å²) >= 11 is 0. The fourth-order valence-electron chi connectivity index (χ4n) is 1.61. The maximum atomic E-state index is 11.6. The van der Waals surface area contributed by atoms with Crippen LogP contribution in [-0.4, -0.2) is 16.2 Å². The number of aromatic amines is 1. The lowest BCUT2D eigenvalue weighted by atomic mass is 10.1. The van der Waals surface area contributed by atoms with Crippen LogP contribution in [0.15, 0.2) is 24.4 Å². The van der Waals surface area contributed by atoms with Crippen LogP contribution in [-0.2, 0) is 16.1 Å². The van der Waals surface area contributed by atoms with Crippen LogP contribution in [0.25, 0.3) is 10.9 Å². The number of para-hydroxylation sites is 1. The number of aromatic nitrogens is 2. The number of carbonyl (C=O) groups is 1. The number of esters is 1. The van der Waals surface area contributed by atoms with E-state index >= 15 is 0 Å². The van der Waals surface area contributed by atoms with Crippen LogP contribution in [0.3, 0.4) is 0 Å². The largest absolute Gasteiger partial charge is 0.461 e. The van der Waals surface area contributed by atoms with Crippen LogP contribution in [0.2, 0.25) is 0 Å². The molecule has 4 nitrogen and oxygen atoms in total. The first-order valence-electron chi connectivity index (χ1n) is 5.80. The van der Waals surface area contributed by atoms with Crippen LogP contribution in [0.1, 0.15) is 25.8 Å². The molecule has 17 heavy (non-hydrogen) atoms. The van der Waals surface area contributed by atoms with Gasteiger partial charge in [0.15, 0.2) is 0 Å². The molecule has 4 heteroatoms. The van der Waals surface area contributed by atoms with E-state index in [0.717, 1.165) is 22.9 Å².